The number of likely N-dealkylation sites (tertiary alicyclic amines) is 1. The highest BCUT2D eigenvalue weighted by Gasteiger charge is 2.60. The van der Waals surface area contributed by atoms with Gasteiger partial charge in [-0.15, -0.1) is 10.2 Å². The van der Waals surface area contributed by atoms with Crippen molar-refractivity contribution in [2.75, 3.05) is 32.5 Å². The minimum atomic E-state index is 0.379. The predicted molar refractivity (Wildman–Crippen MR) is 141 cm³/mol. The van der Waals surface area contributed by atoms with Crippen molar-refractivity contribution in [1.29, 1.82) is 0 Å². The summed E-state index contributed by atoms with van der Waals surface area (Å²) in [7, 11) is 3.79. The molecule has 0 bridgehead atoms. The molecule has 2 aromatic heterocycles. The minimum absolute atomic E-state index is 0.379. The van der Waals surface area contributed by atoms with Crippen LogP contribution in [0.2, 0.25) is 0 Å². The molecule has 0 radical (unpaired) electrons. The SMILES string of the molecule is COc1ccc([C@]23C[C@@H]2CN(CCCSc2nnc(-c4cccc5nc(C)ccc45)n2C)C3)cc1. The fourth-order valence-electron chi connectivity index (χ4n) is 5.71. The van der Waals surface area contributed by atoms with Gasteiger partial charge in [-0.25, -0.2) is 0 Å². The van der Waals surface area contributed by atoms with E-state index in [0.29, 0.717) is 5.41 Å². The van der Waals surface area contributed by atoms with Crippen LogP contribution in [0.15, 0.2) is 59.8 Å². The molecule has 180 valence electrons. The Hall–Kier alpha value is -2.90. The monoisotopic (exact) mass is 485 g/mol. The number of thioether (sulfide) groups is 1. The molecule has 0 spiro atoms. The van der Waals surface area contributed by atoms with Crippen LogP contribution >= 0.6 is 11.8 Å². The second-order valence-corrected chi connectivity index (χ2v) is 11.0. The van der Waals surface area contributed by atoms with Gasteiger partial charge in [0.05, 0.1) is 12.6 Å². The Kier molecular flexibility index (Phi) is 5.77. The molecule has 35 heavy (non-hydrogen) atoms. The largest absolute Gasteiger partial charge is 0.497 e. The quantitative estimate of drug-likeness (QED) is 0.256. The van der Waals surface area contributed by atoms with E-state index in [0.717, 1.165) is 63.5 Å². The first-order valence-electron chi connectivity index (χ1n) is 12.3. The Morgan fingerprint density at radius 2 is 1.94 bits per heavy atom. The van der Waals surface area contributed by atoms with Crippen molar-refractivity contribution in [3.63, 3.8) is 0 Å². The summed E-state index contributed by atoms with van der Waals surface area (Å²) in [6.07, 6.45) is 2.48. The molecule has 1 aliphatic carbocycles. The molecule has 2 atom stereocenters. The molecule has 0 amide bonds. The average molecular weight is 486 g/mol. The fourth-order valence-corrected chi connectivity index (χ4v) is 6.54. The molecule has 2 fully saturated rings. The molecule has 6 nitrogen and oxygen atoms in total. The van der Waals surface area contributed by atoms with Crippen LogP contribution in [0.4, 0.5) is 0 Å². The highest BCUT2D eigenvalue weighted by Crippen LogP contribution is 2.59. The molecule has 2 aromatic carbocycles. The zero-order valence-corrected chi connectivity index (χ0v) is 21.4. The van der Waals surface area contributed by atoms with Crippen LogP contribution in [0.25, 0.3) is 22.3 Å². The number of rotatable bonds is 8. The summed E-state index contributed by atoms with van der Waals surface area (Å²) in [4.78, 5) is 7.31. The highest BCUT2D eigenvalue weighted by molar-refractivity contribution is 7.99. The number of benzene rings is 2. The van der Waals surface area contributed by atoms with E-state index in [2.05, 4.69) is 80.2 Å². The maximum atomic E-state index is 5.33. The van der Waals surface area contributed by atoms with E-state index in [1.807, 2.05) is 13.0 Å². The van der Waals surface area contributed by atoms with Gasteiger partial charge in [0.15, 0.2) is 11.0 Å². The van der Waals surface area contributed by atoms with Crippen LogP contribution in [-0.4, -0.2) is 57.1 Å². The lowest BCUT2D eigenvalue weighted by Gasteiger charge is -2.21. The molecule has 1 saturated heterocycles. The van der Waals surface area contributed by atoms with E-state index < -0.39 is 0 Å². The molecule has 7 heteroatoms. The number of nitrogens with zero attached hydrogens (tertiary/aromatic N) is 5. The first kappa shape index (κ1) is 22.6. The van der Waals surface area contributed by atoms with E-state index in [1.54, 1.807) is 18.9 Å². The lowest BCUT2D eigenvalue weighted by atomic mass is 9.95. The summed E-state index contributed by atoms with van der Waals surface area (Å²) >= 11 is 1.80. The van der Waals surface area contributed by atoms with Gasteiger partial charge < -0.3 is 14.2 Å². The van der Waals surface area contributed by atoms with Gasteiger partial charge in [0.25, 0.3) is 0 Å². The molecule has 6 rings (SSSR count). The Morgan fingerprint density at radius 3 is 2.77 bits per heavy atom. The van der Waals surface area contributed by atoms with Gasteiger partial charge in [0, 0.05) is 47.9 Å². The summed E-state index contributed by atoms with van der Waals surface area (Å²) in [5.41, 5.74) is 4.96. The van der Waals surface area contributed by atoms with Crippen LogP contribution in [-0.2, 0) is 12.5 Å². The molecule has 1 aliphatic heterocycles. The molecule has 2 aliphatic rings. The normalized spacial score (nSPS) is 21.4. The number of ether oxygens (including phenoxy) is 1. The standard InChI is InChI=1S/C28H31N5OS/c1-19-8-13-23-24(6-4-7-25(23)29-19)26-30-31-27(32(26)2)35-15-5-14-33-17-21-16-28(21,18-33)20-9-11-22(34-3)12-10-20/h4,6-13,21H,5,14-18H2,1-3H3/t21-,28-/m1/s1. The summed E-state index contributed by atoms with van der Waals surface area (Å²) in [6.45, 7) is 5.56. The van der Waals surface area contributed by atoms with Crippen molar-refractivity contribution >= 4 is 22.7 Å². The molecule has 1 saturated carbocycles. The van der Waals surface area contributed by atoms with Gasteiger partial charge >= 0.3 is 0 Å². The van der Waals surface area contributed by atoms with Crippen molar-refractivity contribution in [3.8, 4) is 17.1 Å². The second-order valence-electron chi connectivity index (χ2n) is 9.91. The van der Waals surface area contributed by atoms with Crippen molar-refractivity contribution in [2.45, 2.75) is 30.3 Å². The number of aryl methyl sites for hydroxylation is 1. The second kappa shape index (κ2) is 8.95. The van der Waals surface area contributed by atoms with Gasteiger partial charge in [-0.2, -0.15) is 0 Å². The van der Waals surface area contributed by atoms with Gasteiger partial charge in [-0.1, -0.05) is 42.1 Å². The Bertz CT molecular complexity index is 1370. The molecular weight excluding hydrogens is 454 g/mol. The van der Waals surface area contributed by atoms with Gasteiger partial charge in [0.1, 0.15) is 5.75 Å². The summed E-state index contributed by atoms with van der Waals surface area (Å²) in [5, 5.41) is 11.1. The Labute approximate surface area is 210 Å². The van der Waals surface area contributed by atoms with Crippen molar-refractivity contribution < 1.29 is 4.74 Å². The maximum Gasteiger partial charge on any atom is 0.191 e. The van der Waals surface area contributed by atoms with Crippen LogP contribution < -0.4 is 4.74 Å². The van der Waals surface area contributed by atoms with E-state index in [-0.39, 0.29) is 0 Å². The third kappa shape index (κ3) is 4.10. The number of fused-ring (bicyclic) bond motifs is 2. The number of pyridine rings is 1. The zero-order chi connectivity index (χ0) is 24.0. The van der Waals surface area contributed by atoms with E-state index >= 15 is 0 Å². The highest BCUT2D eigenvalue weighted by atomic mass is 32.2. The molecule has 3 heterocycles. The lowest BCUT2D eigenvalue weighted by molar-refractivity contribution is 0.299. The predicted octanol–water partition coefficient (Wildman–Crippen LogP) is 5.10. The number of aromatic nitrogens is 4. The topological polar surface area (TPSA) is 56.1 Å². The zero-order valence-electron chi connectivity index (χ0n) is 20.6. The molecular formula is C28H31N5OS. The molecule has 0 N–H and O–H groups in total. The summed E-state index contributed by atoms with van der Waals surface area (Å²) in [5.74, 6) is 3.68. The van der Waals surface area contributed by atoms with Crippen molar-refractivity contribution in [3.05, 3.63) is 65.9 Å². The average Bonchev–Trinajstić information content (AvgIpc) is 3.25. The summed E-state index contributed by atoms with van der Waals surface area (Å²) < 4.78 is 7.45. The van der Waals surface area contributed by atoms with E-state index in [1.165, 1.54) is 25.1 Å². The number of hydrogen-bond donors (Lipinski definition) is 0. The molecule has 0 unspecified atom stereocenters. The van der Waals surface area contributed by atoms with Crippen molar-refractivity contribution in [2.24, 2.45) is 13.0 Å². The third-order valence-electron chi connectivity index (χ3n) is 7.68. The van der Waals surface area contributed by atoms with Crippen molar-refractivity contribution in [1.82, 2.24) is 24.6 Å². The summed E-state index contributed by atoms with van der Waals surface area (Å²) in [6, 6.07) is 19.1. The van der Waals surface area contributed by atoms with Gasteiger partial charge in [-0.05, 0) is 62.1 Å². The van der Waals surface area contributed by atoms with Crippen LogP contribution in [0.3, 0.4) is 0 Å². The Morgan fingerprint density at radius 1 is 1.09 bits per heavy atom. The first-order valence-corrected chi connectivity index (χ1v) is 13.3. The van der Waals surface area contributed by atoms with Crippen LogP contribution in [0.1, 0.15) is 24.1 Å². The smallest absolute Gasteiger partial charge is 0.191 e. The first-order chi connectivity index (χ1) is 17.1. The number of methoxy groups -OCH3 is 1. The fraction of sp³-hybridized carbons (Fsp3) is 0.393. The maximum absolute atomic E-state index is 5.33. The van der Waals surface area contributed by atoms with Crippen LogP contribution in [0, 0.1) is 12.8 Å². The van der Waals surface area contributed by atoms with Gasteiger partial charge in [0.2, 0.25) is 0 Å². The van der Waals surface area contributed by atoms with Gasteiger partial charge in [-0.3, -0.25) is 4.98 Å². The van der Waals surface area contributed by atoms with Crippen LogP contribution in [0.5, 0.6) is 5.75 Å². The number of hydrogen-bond acceptors (Lipinski definition) is 6. The third-order valence-corrected chi connectivity index (χ3v) is 8.78. The number of piperidine rings is 1. The lowest BCUT2D eigenvalue weighted by Crippen LogP contribution is -2.27. The molecule has 4 aromatic rings. The Balaban J connectivity index is 1.05. The van der Waals surface area contributed by atoms with E-state index in [9.17, 15) is 0 Å². The minimum Gasteiger partial charge on any atom is -0.497 e. The van der Waals surface area contributed by atoms with E-state index in [4.69, 9.17) is 4.74 Å².